The van der Waals surface area contributed by atoms with E-state index in [0.717, 1.165) is 47.1 Å². The first kappa shape index (κ1) is 26.9. The fourth-order valence-corrected chi connectivity index (χ4v) is 5.72. The van der Waals surface area contributed by atoms with Crippen molar-refractivity contribution in [3.05, 3.63) is 58.3 Å². The molecule has 3 aromatic rings. The van der Waals surface area contributed by atoms with Crippen molar-refractivity contribution < 1.29 is 18.6 Å². The SMILES string of the molecule is CCCN(CCC)c1ccc2cc(-c3ccc(/C=C(\C#N)S(=O)(=O)NCC(O)CO)s3)ccc2c1. The summed E-state index contributed by atoms with van der Waals surface area (Å²) in [6.07, 6.45) is 2.28. The Kier molecular flexibility index (Phi) is 9.43. The van der Waals surface area contributed by atoms with Crippen LogP contribution in [-0.2, 0) is 10.0 Å². The van der Waals surface area contributed by atoms with Crippen molar-refractivity contribution >= 4 is 43.9 Å². The number of nitriles is 1. The van der Waals surface area contributed by atoms with Crippen molar-refractivity contribution in [2.24, 2.45) is 0 Å². The van der Waals surface area contributed by atoms with Crippen LogP contribution in [-0.4, -0.2) is 51.0 Å². The number of aliphatic hydroxyl groups excluding tert-OH is 2. The number of aliphatic hydroxyl groups is 2. The quantitative estimate of drug-likeness (QED) is 0.311. The molecule has 1 heterocycles. The molecule has 7 nitrogen and oxygen atoms in total. The highest BCUT2D eigenvalue weighted by atomic mass is 32.2. The lowest BCUT2D eigenvalue weighted by atomic mass is 10.0. The summed E-state index contributed by atoms with van der Waals surface area (Å²) in [7, 11) is -4.10. The molecule has 0 aliphatic rings. The van der Waals surface area contributed by atoms with Crippen molar-refractivity contribution in [1.29, 1.82) is 5.26 Å². The number of nitrogens with zero attached hydrogens (tertiary/aromatic N) is 2. The molecular formula is C26H31N3O4S2. The van der Waals surface area contributed by atoms with Crippen LogP contribution >= 0.6 is 11.3 Å². The highest BCUT2D eigenvalue weighted by Gasteiger charge is 2.19. The molecular weight excluding hydrogens is 482 g/mol. The Labute approximate surface area is 211 Å². The Morgan fingerprint density at radius 1 is 1.11 bits per heavy atom. The van der Waals surface area contributed by atoms with E-state index in [9.17, 15) is 18.8 Å². The number of fused-ring (bicyclic) bond motifs is 1. The Morgan fingerprint density at radius 2 is 1.80 bits per heavy atom. The van der Waals surface area contributed by atoms with Crippen molar-refractivity contribution in [2.45, 2.75) is 32.8 Å². The van der Waals surface area contributed by atoms with Gasteiger partial charge in [-0.15, -0.1) is 11.3 Å². The van der Waals surface area contributed by atoms with Gasteiger partial charge in [-0.25, -0.2) is 13.1 Å². The molecule has 0 spiro atoms. The lowest BCUT2D eigenvalue weighted by Gasteiger charge is -2.24. The van der Waals surface area contributed by atoms with Crippen molar-refractivity contribution in [1.82, 2.24) is 4.72 Å². The van der Waals surface area contributed by atoms with Crippen LogP contribution in [0.1, 0.15) is 31.6 Å². The molecule has 0 bridgehead atoms. The minimum Gasteiger partial charge on any atom is -0.394 e. The highest BCUT2D eigenvalue weighted by molar-refractivity contribution is 7.93. The third-order valence-electron chi connectivity index (χ3n) is 5.48. The summed E-state index contributed by atoms with van der Waals surface area (Å²) in [4.78, 5) is 3.53. The molecule has 1 atom stereocenters. The summed E-state index contributed by atoms with van der Waals surface area (Å²) < 4.78 is 26.9. The van der Waals surface area contributed by atoms with Crippen LogP contribution in [0.4, 0.5) is 5.69 Å². The molecule has 2 aromatic carbocycles. The number of sulfonamides is 1. The van der Waals surface area contributed by atoms with Gasteiger partial charge in [-0.3, -0.25) is 0 Å². The van der Waals surface area contributed by atoms with Crippen LogP contribution in [0.3, 0.4) is 0 Å². The molecule has 35 heavy (non-hydrogen) atoms. The maximum atomic E-state index is 12.4. The van der Waals surface area contributed by atoms with Gasteiger partial charge in [0.05, 0.1) is 12.7 Å². The number of thiophene rings is 1. The van der Waals surface area contributed by atoms with E-state index in [1.165, 1.54) is 23.1 Å². The maximum Gasteiger partial charge on any atom is 0.250 e. The average Bonchev–Trinajstić information content (AvgIpc) is 3.33. The average molecular weight is 514 g/mol. The van der Waals surface area contributed by atoms with E-state index in [4.69, 9.17) is 5.11 Å². The van der Waals surface area contributed by atoms with Gasteiger partial charge >= 0.3 is 0 Å². The maximum absolute atomic E-state index is 12.4. The smallest absolute Gasteiger partial charge is 0.250 e. The van der Waals surface area contributed by atoms with E-state index in [1.54, 1.807) is 12.1 Å². The van der Waals surface area contributed by atoms with Crippen molar-refractivity contribution in [2.75, 3.05) is 31.1 Å². The Morgan fingerprint density at radius 3 is 2.46 bits per heavy atom. The minimum absolute atomic E-state index is 0.374. The number of anilines is 1. The zero-order chi connectivity index (χ0) is 25.4. The van der Waals surface area contributed by atoms with Gasteiger partial charge in [0.2, 0.25) is 0 Å². The lowest BCUT2D eigenvalue weighted by molar-refractivity contribution is 0.0989. The minimum atomic E-state index is -4.10. The number of hydrogen-bond donors (Lipinski definition) is 3. The molecule has 0 aliphatic carbocycles. The molecule has 186 valence electrons. The van der Waals surface area contributed by atoms with E-state index in [-0.39, 0.29) is 6.54 Å². The van der Waals surface area contributed by atoms with E-state index < -0.39 is 27.6 Å². The number of rotatable bonds is 12. The molecule has 3 rings (SSSR count). The molecule has 0 fully saturated rings. The van der Waals surface area contributed by atoms with Gasteiger partial charge in [0.25, 0.3) is 10.0 Å². The molecule has 1 aromatic heterocycles. The van der Waals surface area contributed by atoms with Crippen molar-refractivity contribution in [3.8, 4) is 16.5 Å². The number of allylic oxidation sites excluding steroid dienone is 1. The first-order valence-corrected chi connectivity index (χ1v) is 13.9. The second kappa shape index (κ2) is 12.3. The standard InChI is InChI=1S/C26H31N3O4S2/c1-3-11-29(12-4-2)22-8-7-19-13-21(6-5-20(19)14-22)26-10-9-24(34-26)15-25(16-27)35(32,33)28-17-23(31)18-30/h5-10,13-15,23,28,30-31H,3-4,11-12,17-18H2,1-2H3/b25-15+. The van der Waals surface area contributed by atoms with Crippen LogP contribution in [0.2, 0.25) is 0 Å². The Balaban J connectivity index is 1.84. The molecule has 0 amide bonds. The predicted octanol–water partition coefficient (Wildman–Crippen LogP) is 4.33. The fourth-order valence-electron chi connectivity index (χ4n) is 3.73. The monoisotopic (exact) mass is 513 g/mol. The van der Waals surface area contributed by atoms with Crippen LogP contribution in [0.5, 0.6) is 0 Å². The summed E-state index contributed by atoms with van der Waals surface area (Å²) in [6.45, 7) is 5.48. The summed E-state index contributed by atoms with van der Waals surface area (Å²) in [6, 6.07) is 18.2. The highest BCUT2D eigenvalue weighted by Crippen LogP contribution is 2.33. The number of nitrogens with one attached hydrogen (secondary N) is 1. The van der Waals surface area contributed by atoms with Gasteiger partial charge < -0.3 is 15.1 Å². The Hall–Kier alpha value is -2.74. The molecule has 0 aliphatic heterocycles. The zero-order valence-electron chi connectivity index (χ0n) is 19.9. The normalized spacial score (nSPS) is 13.1. The topological polar surface area (TPSA) is 114 Å². The van der Waals surface area contributed by atoms with E-state index >= 15 is 0 Å². The van der Waals surface area contributed by atoms with Crippen LogP contribution in [0, 0.1) is 11.3 Å². The molecule has 1 unspecified atom stereocenters. The predicted molar refractivity (Wildman–Crippen MR) is 144 cm³/mol. The number of hydrogen-bond acceptors (Lipinski definition) is 7. The van der Waals surface area contributed by atoms with Gasteiger partial charge in [-0.2, -0.15) is 5.26 Å². The van der Waals surface area contributed by atoms with Crippen LogP contribution in [0.15, 0.2) is 53.4 Å². The van der Waals surface area contributed by atoms with Crippen LogP contribution in [0.25, 0.3) is 27.3 Å². The van der Waals surface area contributed by atoms with Gasteiger partial charge in [0.15, 0.2) is 4.91 Å². The molecule has 0 saturated carbocycles. The van der Waals surface area contributed by atoms with Gasteiger partial charge in [-0.1, -0.05) is 32.0 Å². The van der Waals surface area contributed by atoms with Gasteiger partial charge in [-0.05, 0) is 65.6 Å². The summed E-state index contributed by atoms with van der Waals surface area (Å²) in [5.74, 6) is 0. The zero-order valence-corrected chi connectivity index (χ0v) is 21.6. The van der Waals surface area contributed by atoms with Crippen molar-refractivity contribution in [3.63, 3.8) is 0 Å². The van der Waals surface area contributed by atoms with E-state index in [0.29, 0.717) is 4.88 Å². The van der Waals surface area contributed by atoms with Gasteiger partial charge in [0.1, 0.15) is 6.07 Å². The van der Waals surface area contributed by atoms with Gasteiger partial charge in [0, 0.05) is 35.1 Å². The van der Waals surface area contributed by atoms with E-state index in [1.807, 2.05) is 6.07 Å². The molecule has 3 N–H and O–H groups in total. The summed E-state index contributed by atoms with van der Waals surface area (Å²) >= 11 is 1.39. The summed E-state index contributed by atoms with van der Waals surface area (Å²) in [5, 5.41) is 29.9. The number of benzene rings is 2. The van der Waals surface area contributed by atoms with Crippen LogP contribution < -0.4 is 9.62 Å². The summed E-state index contributed by atoms with van der Waals surface area (Å²) in [5.41, 5.74) is 2.24. The first-order valence-electron chi connectivity index (χ1n) is 11.6. The molecule has 0 radical (unpaired) electrons. The lowest BCUT2D eigenvalue weighted by Crippen LogP contribution is -2.34. The third-order valence-corrected chi connectivity index (χ3v) is 7.90. The second-order valence-corrected chi connectivity index (χ2v) is 11.1. The third kappa shape index (κ3) is 6.90. The van der Waals surface area contributed by atoms with E-state index in [2.05, 4.69) is 59.9 Å². The fraction of sp³-hybridized carbons (Fsp3) is 0.346. The second-order valence-electron chi connectivity index (χ2n) is 8.24. The Bertz CT molecular complexity index is 1320. The largest absolute Gasteiger partial charge is 0.394 e. The molecule has 9 heteroatoms. The molecule has 0 saturated heterocycles. The first-order chi connectivity index (χ1) is 16.8.